The number of phosphoric acid groups is 1. The number of phosphoric ester groups is 1. The lowest BCUT2D eigenvalue weighted by atomic mass is 9.87. The van der Waals surface area contributed by atoms with E-state index in [4.69, 9.17) is 58.3 Å². The van der Waals surface area contributed by atoms with E-state index in [2.05, 4.69) is 82.2 Å². The zero-order valence-corrected chi connectivity index (χ0v) is 68.3. The minimum atomic E-state index is -4.34. The van der Waals surface area contributed by atoms with Crippen LogP contribution in [0.25, 0.3) is 0 Å². The van der Waals surface area contributed by atoms with Crippen molar-refractivity contribution in [3.05, 3.63) is 131 Å². The molecule has 4 fully saturated rings. The quantitative estimate of drug-likeness (QED) is 0.0567. The third-order valence-corrected chi connectivity index (χ3v) is 18.9. The summed E-state index contributed by atoms with van der Waals surface area (Å²) in [5.41, 5.74) is -4.56. The molecule has 32 heteroatoms. The maximum atomic E-state index is 12.4. The molecule has 0 aliphatic carbocycles. The Morgan fingerprint density at radius 1 is 0.417 bits per heavy atom. The van der Waals surface area contributed by atoms with E-state index in [1.807, 2.05) is 62.3 Å². The molecule has 4 aromatic rings. The Bertz CT molecular complexity index is 3920. The Morgan fingerprint density at radius 2 is 0.689 bits per heavy atom. The third kappa shape index (κ3) is 29.7. The smallest absolute Gasteiger partial charge is 0.370 e. The zero-order chi connectivity index (χ0) is 78.7. The molecule has 103 heavy (non-hydrogen) atoms. The monoisotopic (exact) mass is 1510 g/mol. The molecular weight excluding hydrogens is 1390 g/mol. The van der Waals surface area contributed by atoms with Crippen LogP contribution in [-0.4, -0.2) is 119 Å². The molecule has 4 aliphatic heterocycles. The number of aromatic nitrogens is 8. The van der Waals surface area contributed by atoms with Crippen molar-refractivity contribution >= 4 is 26.3 Å². The van der Waals surface area contributed by atoms with Gasteiger partial charge in [-0.2, -0.15) is 0 Å². The first-order valence-electron chi connectivity index (χ1n) is 35.1. The molecular formula is C71H120N8O21P2S. The molecule has 4 saturated heterocycles. The van der Waals surface area contributed by atoms with Crippen LogP contribution in [0.5, 0.6) is 0 Å². The summed E-state index contributed by atoms with van der Waals surface area (Å²) in [7, 11) is -4.34. The lowest BCUT2D eigenvalue weighted by Crippen LogP contribution is -2.35. The van der Waals surface area contributed by atoms with E-state index in [1.54, 1.807) is 68.5 Å². The fraction of sp³-hybridized carbons (Fsp3) is 0.775. The molecule has 0 bridgehead atoms. The molecule has 14 atom stereocenters. The van der Waals surface area contributed by atoms with Gasteiger partial charge in [0.05, 0.1) is 71.2 Å². The average molecular weight is 1520 g/mol. The molecule has 586 valence electrons. The Kier molecular flexibility index (Phi) is 29.1. The summed E-state index contributed by atoms with van der Waals surface area (Å²) < 4.78 is 76.8. The number of ether oxygens (including phenoxy) is 6. The molecule has 0 amide bonds. The number of hydrogen-bond acceptors (Lipinski definition) is 20. The minimum absolute atomic E-state index is 0.0735. The summed E-state index contributed by atoms with van der Waals surface area (Å²) in [5, 5.41) is 0. The summed E-state index contributed by atoms with van der Waals surface area (Å²) in [6.07, 6.45) is 5.70. The van der Waals surface area contributed by atoms with E-state index in [-0.39, 0.29) is 75.4 Å². The Hall–Kier alpha value is -4.88. The number of aryl methyl sites for hydroxylation is 3. The number of H-pyrrole nitrogens is 4. The van der Waals surface area contributed by atoms with Crippen molar-refractivity contribution < 1.29 is 60.9 Å². The predicted octanol–water partition coefficient (Wildman–Crippen LogP) is 11.1. The Morgan fingerprint density at radius 3 is 0.971 bits per heavy atom. The fourth-order valence-corrected chi connectivity index (χ4v) is 15.7. The molecule has 0 saturated carbocycles. The van der Waals surface area contributed by atoms with Gasteiger partial charge < -0.3 is 47.3 Å². The number of nitrogens with zero attached hydrogens (tertiary/aromatic N) is 4. The van der Waals surface area contributed by atoms with Crippen LogP contribution < -0.4 is 45.0 Å². The van der Waals surface area contributed by atoms with Crippen molar-refractivity contribution in [2.24, 2.45) is 21.7 Å². The molecule has 0 radical (unpaired) electrons. The Labute approximate surface area is 609 Å². The van der Waals surface area contributed by atoms with Crippen molar-refractivity contribution in [2.45, 2.75) is 334 Å². The average Bonchev–Trinajstić information content (AvgIpc) is 1.63. The lowest BCUT2D eigenvalue weighted by Gasteiger charge is -2.31. The summed E-state index contributed by atoms with van der Waals surface area (Å²) in [4.78, 5) is 125. The summed E-state index contributed by atoms with van der Waals surface area (Å²) in [5.74, 6) is 0. The van der Waals surface area contributed by atoms with E-state index in [0.717, 1.165) is 12.8 Å². The molecule has 2 unspecified atom stereocenters. The first-order chi connectivity index (χ1) is 46.4. The van der Waals surface area contributed by atoms with Gasteiger partial charge in [-0.15, -0.1) is 0 Å². The number of hydrogen-bond donors (Lipinski definition) is 6. The maximum absolute atomic E-state index is 12.4. The number of aromatic amines is 4. The second-order valence-corrected chi connectivity index (χ2v) is 40.2. The normalized spacial score (nSPS) is 25.6. The minimum Gasteiger partial charge on any atom is -0.370 e. The van der Waals surface area contributed by atoms with Gasteiger partial charge in [-0.05, 0) is 163 Å². The second kappa shape index (κ2) is 33.7. The van der Waals surface area contributed by atoms with Gasteiger partial charge in [-0.25, -0.2) is 23.7 Å². The second-order valence-electron chi connectivity index (χ2n) is 36.1. The number of nitrogens with one attached hydrogen (secondary N) is 4. The zero-order valence-electron chi connectivity index (χ0n) is 65.7. The van der Waals surface area contributed by atoms with E-state index in [0.29, 0.717) is 48.8 Å². The Balaban J connectivity index is 0.000000248. The summed E-state index contributed by atoms with van der Waals surface area (Å²) in [6, 6.07) is 1.33. The molecule has 4 aliphatic rings. The summed E-state index contributed by atoms with van der Waals surface area (Å²) in [6.45, 7) is 49.0. The molecule has 6 N–H and O–H groups in total. The van der Waals surface area contributed by atoms with E-state index < -0.39 is 108 Å². The molecule has 29 nitrogen and oxygen atoms in total. The van der Waals surface area contributed by atoms with Crippen LogP contribution in [0, 0.1) is 42.4 Å². The first kappa shape index (κ1) is 88.7. The third-order valence-electron chi connectivity index (χ3n) is 15.8. The summed E-state index contributed by atoms with van der Waals surface area (Å²) >= 11 is 5.19. The van der Waals surface area contributed by atoms with Gasteiger partial charge >= 0.3 is 37.3 Å². The van der Waals surface area contributed by atoms with Crippen molar-refractivity contribution in [1.82, 2.24) is 38.2 Å². The standard InChI is InChI=1S/C18H31N2O7P.C18H31N2O6PS.C18H30N2O4.C17H28N2O4/c1-11-10-20(16(22)19-15(11)21)14-8-12(13(25-14)9-17(2,3)4)26-28(23,24)27-18(5,6)7;1-11-10-20(16(22)19-15(11)21)14-8-12(13(24-14)9-17(2,3)4)25-27(23,28)26-18(5,6)7;1-11-10-20(16(22)19-15(11)21)14-8-12(24-18(5,6)7)13(23-14)9-17(2,3)4;1-16(2,3)10-12-11(23-17(4,5)6)9-14(22-12)19-8-7-13(20)18-15(19)21/h10,12-14H,8-9H2,1-7H3,(H,23,24)(H,19,21,22);10,12-14H,8-9H2,1-7H3,(H,23,28)(H,19,21,22);10,12-14H,8-9H2,1-7H3,(H,19,21,22);7-8,11-12,14H,9-10H2,1-6H3,(H,18,20,21)/t12-,13+,14+;12-,13+,14+,27?;12-,13+,14+;11-,12+,14+/m0000/s1. The van der Waals surface area contributed by atoms with Crippen molar-refractivity contribution in [2.75, 3.05) is 0 Å². The van der Waals surface area contributed by atoms with Gasteiger partial charge in [0.1, 0.15) is 24.9 Å². The highest BCUT2D eigenvalue weighted by atomic mass is 32.5. The van der Waals surface area contributed by atoms with E-state index in [9.17, 15) is 52.7 Å². The molecule has 8 rings (SSSR count). The molecule has 0 spiro atoms. The van der Waals surface area contributed by atoms with Gasteiger partial charge in [0.2, 0.25) is 0 Å². The highest BCUT2D eigenvalue weighted by Gasteiger charge is 2.47. The maximum Gasteiger partial charge on any atom is 0.473 e. The van der Waals surface area contributed by atoms with Crippen molar-refractivity contribution in [3.8, 4) is 0 Å². The van der Waals surface area contributed by atoms with E-state index in [1.165, 1.54) is 42.9 Å². The van der Waals surface area contributed by atoms with Gasteiger partial charge in [0.25, 0.3) is 22.2 Å². The van der Waals surface area contributed by atoms with Crippen LogP contribution in [0.3, 0.4) is 0 Å². The largest absolute Gasteiger partial charge is 0.473 e. The van der Waals surface area contributed by atoms with Crippen LogP contribution in [-0.2, 0) is 62.9 Å². The van der Waals surface area contributed by atoms with Crippen LogP contribution >= 0.6 is 14.5 Å². The fourth-order valence-electron chi connectivity index (χ4n) is 12.1. The highest BCUT2D eigenvalue weighted by Crippen LogP contribution is 2.54. The number of rotatable bonds is 16. The van der Waals surface area contributed by atoms with Crippen LogP contribution in [0.4, 0.5) is 0 Å². The van der Waals surface area contributed by atoms with Gasteiger partial charge in [0.15, 0.2) is 0 Å². The SMILES string of the molecule is CC(C)(C)C[C@H]1O[C@@H](n2ccc(=O)[nH]c2=O)C[C@@H]1OC(C)(C)C.Cc1cn([C@H]2C[C@H](OC(C)(C)C)[C@@H](CC(C)(C)C)O2)c(=O)[nH]c1=O.Cc1cn([C@H]2C[C@H](OP(=O)(O)OC(C)(C)C)[C@@H](CC(C)(C)C)O2)c(=O)[nH]c1=O.Cc1cn([C@H]2C[C@H](OP(O)(=S)OC(C)(C)C)[C@@H](CC(C)(C)C)O2)c(=O)[nH]c1=O. The van der Waals surface area contributed by atoms with Gasteiger partial charge in [0, 0.05) is 73.2 Å². The highest BCUT2D eigenvalue weighted by molar-refractivity contribution is 8.07. The van der Waals surface area contributed by atoms with E-state index >= 15 is 0 Å². The lowest BCUT2D eigenvalue weighted by molar-refractivity contribution is -0.102. The van der Waals surface area contributed by atoms with Crippen LogP contribution in [0.2, 0.25) is 0 Å². The molecule has 4 aromatic heterocycles. The van der Waals surface area contributed by atoms with Crippen molar-refractivity contribution in [1.29, 1.82) is 0 Å². The van der Waals surface area contributed by atoms with Crippen molar-refractivity contribution in [3.63, 3.8) is 0 Å². The van der Waals surface area contributed by atoms with Gasteiger partial charge in [-0.1, -0.05) is 83.1 Å². The van der Waals surface area contributed by atoms with Crippen LogP contribution in [0.15, 0.2) is 69.2 Å². The first-order valence-corrected chi connectivity index (χ1v) is 39.2. The molecule has 8 heterocycles. The molecule has 0 aromatic carbocycles. The predicted molar refractivity (Wildman–Crippen MR) is 397 cm³/mol. The topological polar surface area (TPSA) is 369 Å². The van der Waals surface area contributed by atoms with Crippen LogP contribution in [0.1, 0.15) is 259 Å². The van der Waals surface area contributed by atoms with Gasteiger partial charge in [-0.3, -0.25) is 66.4 Å².